The summed E-state index contributed by atoms with van der Waals surface area (Å²) >= 11 is 0. The van der Waals surface area contributed by atoms with E-state index in [2.05, 4.69) is 0 Å². The van der Waals surface area contributed by atoms with Gasteiger partial charge in [-0.25, -0.2) is 8.42 Å². The van der Waals surface area contributed by atoms with Crippen LogP contribution in [0, 0.1) is 0 Å². The smallest absolute Gasteiger partial charge is 0.238 e. The van der Waals surface area contributed by atoms with Gasteiger partial charge in [0.25, 0.3) is 0 Å². The maximum Gasteiger partial charge on any atom is 0.238 e. The monoisotopic (exact) mass is 289 g/mol. The van der Waals surface area contributed by atoms with Gasteiger partial charge in [0.15, 0.2) is 9.84 Å². The summed E-state index contributed by atoms with van der Waals surface area (Å²) in [5.74, 6) is -0.741. The zero-order chi connectivity index (χ0) is 14.2. The first-order chi connectivity index (χ1) is 9.56. The maximum absolute atomic E-state index is 12.3. The van der Waals surface area contributed by atoms with Crippen molar-refractivity contribution in [2.45, 2.75) is 11.3 Å². The molecule has 0 aromatic heterocycles. The van der Waals surface area contributed by atoms with E-state index < -0.39 is 15.6 Å². The van der Waals surface area contributed by atoms with Gasteiger partial charge in [-0.2, -0.15) is 0 Å². The fourth-order valence-electron chi connectivity index (χ4n) is 2.26. The Morgan fingerprint density at radius 1 is 1.05 bits per heavy atom. The fraction of sp³-hybridized carbons (Fsp3) is 0.267. The predicted octanol–water partition coefficient (Wildman–Crippen LogP) is 1.85. The molecule has 1 amide bonds. The van der Waals surface area contributed by atoms with Crippen LogP contribution in [0.2, 0.25) is 0 Å². The van der Waals surface area contributed by atoms with Gasteiger partial charge in [0.05, 0.1) is 4.90 Å². The van der Waals surface area contributed by atoms with Gasteiger partial charge in [-0.1, -0.05) is 30.3 Å². The summed E-state index contributed by atoms with van der Waals surface area (Å²) in [7, 11) is -3.56. The van der Waals surface area contributed by atoms with Crippen molar-refractivity contribution in [1.82, 2.24) is 4.90 Å². The number of sulfone groups is 1. The molecule has 104 valence electrons. The van der Waals surface area contributed by atoms with Crippen LogP contribution in [0.5, 0.6) is 0 Å². The van der Waals surface area contributed by atoms with Gasteiger partial charge in [0, 0.05) is 13.1 Å². The SMILES string of the molecule is O=C(CS(=O)(=O)c1ccc2ccccc2c1)N1CCC1. The third kappa shape index (κ3) is 2.41. The van der Waals surface area contributed by atoms with Gasteiger partial charge < -0.3 is 4.90 Å². The van der Waals surface area contributed by atoms with Crippen LogP contribution in [0.4, 0.5) is 0 Å². The number of nitrogens with zero attached hydrogens (tertiary/aromatic N) is 1. The zero-order valence-corrected chi connectivity index (χ0v) is 11.8. The zero-order valence-electron chi connectivity index (χ0n) is 11.0. The van der Waals surface area contributed by atoms with Crippen LogP contribution in [-0.2, 0) is 14.6 Å². The van der Waals surface area contributed by atoms with Crippen LogP contribution in [0.1, 0.15) is 6.42 Å². The number of hydrogen-bond acceptors (Lipinski definition) is 3. The molecule has 0 aliphatic carbocycles. The summed E-state index contributed by atoms with van der Waals surface area (Å²) in [5.41, 5.74) is 0. The third-order valence-corrected chi connectivity index (χ3v) is 5.20. The van der Waals surface area contributed by atoms with Crippen molar-refractivity contribution >= 4 is 26.5 Å². The molecule has 5 heteroatoms. The lowest BCUT2D eigenvalue weighted by molar-refractivity contribution is -0.131. The van der Waals surface area contributed by atoms with Crippen LogP contribution >= 0.6 is 0 Å². The molecule has 4 nitrogen and oxygen atoms in total. The van der Waals surface area contributed by atoms with Crippen molar-refractivity contribution in [3.8, 4) is 0 Å². The Morgan fingerprint density at radius 3 is 2.40 bits per heavy atom. The molecule has 1 saturated heterocycles. The highest BCUT2D eigenvalue weighted by Gasteiger charge is 2.26. The summed E-state index contributed by atoms with van der Waals surface area (Å²) in [5, 5.41) is 1.85. The molecule has 0 saturated carbocycles. The molecule has 1 aliphatic rings. The molecule has 0 N–H and O–H groups in total. The topological polar surface area (TPSA) is 54.5 Å². The van der Waals surface area contributed by atoms with E-state index in [1.165, 1.54) is 0 Å². The van der Waals surface area contributed by atoms with Crippen molar-refractivity contribution in [1.29, 1.82) is 0 Å². The normalized spacial score (nSPS) is 15.1. The molecule has 2 aromatic rings. The first-order valence-corrected chi connectivity index (χ1v) is 8.21. The lowest BCUT2D eigenvalue weighted by Gasteiger charge is -2.30. The minimum Gasteiger partial charge on any atom is -0.342 e. The first kappa shape index (κ1) is 13.1. The highest BCUT2D eigenvalue weighted by atomic mass is 32.2. The van der Waals surface area contributed by atoms with E-state index in [4.69, 9.17) is 0 Å². The average Bonchev–Trinajstić information content (AvgIpc) is 2.35. The van der Waals surface area contributed by atoms with Gasteiger partial charge in [-0.3, -0.25) is 4.79 Å². The lowest BCUT2D eigenvalue weighted by atomic mass is 10.1. The molecule has 0 spiro atoms. The molecule has 0 unspecified atom stereocenters. The minimum atomic E-state index is -3.56. The van der Waals surface area contributed by atoms with E-state index in [9.17, 15) is 13.2 Å². The minimum absolute atomic E-state index is 0.213. The van der Waals surface area contributed by atoms with E-state index in [0.717, 1.165) is 17.2 Å². The van der Waals surface area contributed by atoms with Gasteiger partial charge in [0.2, 0.25) is 5.91 Å². The third-order valence-electron chi connectivity index (χ3n) is 3.60. The molecule has 0 radical (unpaired) electrons. The van der Waals surface area contributed by atoms with Crippen molar-refractivity contribution in [3.05, 3.63) is 42.5 Å². The summed E-state index contributed by atoms with van der Waals surface area (Å²) in [4.78, 5) is 13.6. The molecule has 2 aromatic carbocycles. The Hall–Kier alpha value is -1.88. The van der Waals surface area contributed by atoms with Gasteiger partial charge in [-0.15, -0.1) is 0 Å². The number of hydrogen-bond donors (Lipinski definition) is 0. The van der Waals surface area contributed by atoms with Crippen LogP contribution < -0.4 is 0 Å². The molecule has 0 bridgehead atoms. The number of amides is 1. The summed E-state index contributed by atoms with van der Waals surface area (Å²) in [6.45, 7) is 1.35. The second kappa shape index (κ2) is 4.90. The molecule has 1 aliphatic heterocycles. The Morgan fingerprint density at radius 2 is 1.75 bits per heavy atom. The number of carbonyl (C=O) groups is 1. The Kier molecular flexibility index (Phi) is 3.22. The second-order valence-electron chi connectivity index (χ2n) is 5.00. The van der Waals surface area contributed by atoms with Crippen LogP contribution in [0.25, 0.3) is 10.8 Å². The van der Waals surface area contributed by atoms with Crippen LogP contribution in [0.3, 0.4) is 0 Å². The number of carbonyl (C=O) groups excluding carboxylic acids is 1. The summed E-state index contributed by atoms with van der Waals surface area (Å²) < 4.78 is 24.6. The van der Waals surface area contributed by atoms with Gasteiger partial charge in [0.1, 0.15) is 5.75 Å². The first-order valence-electron chi connectivity index (χ1n) is 6.56. The van der Waals surface area contributed by atoms with E-state index in [0.29, 0.717) is 13.1 Å². The van der Waals surface area contributed by atoms with E-state index >= 15 is 0 Å². The lowest BCUT2D eigenvalue weighted by Crippen LogP contribution is -2.44. The van der Waals surface area contributed by atoms with E-state index in [-0.39, 0.29) is 10.8 Å². The average molecular weight is 289 g/mol. The van der Waals surface area contributed by atoms with Crippen molar-refractivity contribution in [2.75, 3.05) is 18.8 Å². The number of benzene rings is 2. The highest BCUT2D eigenvalue weighted by Crippen LogP contribution is 2.20. The van der Waals surface area contributed by atoms with Crippen molar-refractivity contribution in [2.24, 2.45) is 0 Å². The molecular weight excluding hydrogens is 274 g/mol. The number of likely N-dealkylation sites (tertiary alicyclic amines) is 1. The molecule has 0 atom stereocenters. The van der Waals surface area contributed by atoms with Gasteiger partial charge >= 0.3 is 0 Å². The molecule has 1 fully saturated rings. The largest absolute Gasteiger partial charge is 0.342 e. The van der Waals surface area contributed by atoms with Crippen molar-refractivity contribution in [3.63, 3.8) is 0 Å². The number of fused-ring (bicyclic) bond motifs is 1. The number of rotatable bonds is 3. The standard InChI is InChI=1S/C15H15NO3S/c17-15(16-8-3-9-16)11-20(18,19)14-7-6-12-4-1-2-5-13(12)10-14/h1-2,4-7,10H,3,8-9,11H2. The summed E-state index contributed by atoms with van der Waals surface area (Å²) in [6, 6.07) is 12.5. The predicted molar refractivity (Wildman–Crippen MR) is 77.2 cm³/mol. The molecule has 1 heterocycles. The summed E-state index contributed by atoms with van der Waals surface area (Å²) in [6.07, 6.45) is 0.960. The highest BCUT2D eigenvalue weighted by molar-refractivity contribution is 7.92. The van der Waals surface area contributed by atoms with Gasteiger partial charge in [-0.05, 0) is 29.3 Å². The molecule has 3 rings (SSSR count). The molecular formula is C15H15NO3S. The van der Waals surface area contributed by atoms with Crippen molar-refractivity contribution < 1.29 is 13.2 Å². The Balaban J connectivity index is 1.90. The Bertz CT molecular complexity index is 764. The maximum atomic E-state index is 12.3. The van der Waals surface area contributed by atoms with Crippen LogP contribution in [-0.4, -0.2) is 38.1 Å². The van der Waals surface area contributed by atoms with E-state index in [1.807, 2.05) is 24.3 Å². The second-order valence-corrected chi connectivity index (χ2v) is 6.99. The Labute approximate surface area is 117 Å². The quantitative estimate of drug-likeness (QED) is 0.866. The fourth-order valence-corrected chi connectivity index (χ4v) is 3.52. The van der Waals surface area contributed by atoms with Crippen LogP contribution in [0.15, 0.2) is 47.4 Å². The molecule has 20 heavy (non-hydrogen) atoms. The van der Waals surface area contributed by atoms with E-state index in [1.54, 1.807) is 23.1 Å².